The lowest BCUT2D eigenvalue weighted by molar-refractivity contribution is -0.129. The first-order chi connectivity index (χ1) is 10.5. The molecule has 1 atom stereocenters. The molecule has 1 aromatic heterocycles. The fourth-order valence-electron chi connectivity index (χ4n) is 2.76. The van der Waals surface area contributed by atoms with E-state index >= 15 is 0 Å². The Morgan fingerprint density at radius 2 is 2.18 bits per heavy atom. The van der Waals surface area contributed by atoms with Gasteiger partial charge in [0.2, 0.25) is 5.91 Å². The minimum absolute atomic E-state index is 0.168. The highest BCUT2D eigenvalue weighted by Crippen LogP contribution is 2.24. The van der Waals surface area contributed by atoms with Crippen molar-refractivity contribution in [3.63, 3.8) is 0 Å². The maximum absolute atomic E-state index is 11.7. The van der Waals surface area contributed by atoms with E-state index < -0.39 is 5.97 Å². The van der Waals surface area contributed by atoms with Crippen LogP contribution in [0.5, 0.6) is 0 Å². The van der Waals surface area contributed by atoms with Gasteiger partial charge in [-0.2, -0.15) is 0 Å². The molecule has 1 N–H and O–H groups in total. The summed E-state index contributed by atoms with van der Waals surface area (Å²) in [7, 11) is 3.56. The van der Waals surface area contributed by atoms with Gasteiger partial charge in [-0.1, -0.05) is 0 Å². The van der Waals surface area contributed by atoms with Gasteiger partial charge in [0.15, 0.2) is 0 Å². The first-order valence-corrected chi connectivity index (χ1v) is 7.62. The number of hydrogen-bond acceptors (Lipinski definition) is 4. The van der Waals surface area contributed by atoms with Crippen molar-refractivity contribution < 1.29 is 14.7 Å². The van der Waals surface area contributed by atoms with E-state index in [2.05, 4.69) is 9.88 Å². The number of carbonyl (C=O) groups is 2. The highest BCUT2D eigenvalue weighted by Gasteiger charge is 2.22. The molecule has 1 saturated heterocycles. The van der Waals surface area contributed by atoms with Gasteiger partial charge in [0.25, 0.3) is 0 Å². The zero-order chi connectivity index (χ0) is 16.1. The summed E-state index contributed by atoms with van der Waals surface area (Å²) in [5, 5.41) is 8.91. The standard InChI is InChI=1S/C16H23N3O3/c1-18(2)15(20)8-5-12-4-3-9-19(11-12)14-7-6-13(10-17-14)16(21)22/h6-7,10,12H,3-5,8-9,11H2,1-2H3,(H,21,22)/t12-/m1/s1. The van der Waals surface area contributed by atoms with E-state index in [4.69, 9.17) is 5.11 Å². The second-order valence-corrected chi connectivity index (χ2v) is 5.99. The number of carbonyl (C=O) groups excluding carboxylic acids is 1. The van der Waals surface area contributed by atoms with Crippen LogP contribution >= 0.6 is 0 Å². The Kier molecular flexibility index (Phi) is 5.35. The molecule has 6 heteroatoms. The molecule has 0 unspecified atom stereocenters. The Labute approximate surface area is 130 Å². The zero-order valence-corrected chi connectivity index (χ0v) is 13.2. The molecule has 0 bridgehead atoms. The maximum Gasteiger partial charge on any atom is 0.337 e. The van der Waals surface area contributed by atoms with E-state index in [1.165, 1.54) is 6.20 Å². The summed E-state index contributed by atoms with van der Waals surface area (Å²) in [5.41, 5.74) is 0.203. The number of carboxylic acid groups (broad SMARTS) is 1. The predicted octanol–water partition coefficient (Wildman–Crippen LogP) is 1.86. The van der Waals surface area contributed by atoms with E-state index in [9.17, 15) is 9.59 Å². The molecular weight excluding hydrogens is 282 g/mol. The normalized spacial score (nSPS) is 18.1. The fourth-order valence-corrected chi connectivity index (χ4v) is 2.76. The number of rotatable bonds is 5. The van der Waals surface area contributed by atoms with Crippen molar-refractivity contribution in [1.82, 2.24) is 9.88 Å². The highest BCUT2D eigenvalue weighted by molar-refractivity contribution is 5.87. The molecule has 1 aliphatic heterocycles. The largest absolute Gasteiger partial charge is 0.478 e. The molecule has 0 saturated carbocycles. The first kappa shape index (κ1) is 16.3. The molecule has 2 heterocycles. The average Bonchev–Trinajstić information content (AvgIpc) is 2.52. The quantitative estimate of drug-likeness (QED) is 0.899. The third kappa shape index (κ3) is 4.19. The van der Waals surface area contributed by atoms with Gasteiger partial charge in [0.1, 0.15) is 5.82 Å². The Hall–Kier alpha value is -2.11. The minimum Gasteiger partial charge on any atom is -0.478 e. The highest BCUT2D eigenvalue weighted by atomic mass is 16.4. The number of nitrogens with zero attached hydrogens (tertiary/aromatic N) is 3. The summed E-state index contributed by atoms with van der Waals surface area (Å²) in [6, 6.07) is 3.35. The summed E-state index contributed by atoms with van der Waals surface area (Å²) in [4.78, 5) is 30.6. The van der Waals surface area contributed by atoms with Crippen LogP contribution in [0.25, 0.3) is 0 Å². The number of anilines is 1. The summed E-state index contributed by atoms with van der Waals surface area (Å²) < 4.78 is 0. The lowest BCUT2D eigenvalue weighted by atomic mass is 9.93. The van der Waals surface area contributed by atoms with Crippen molar-refractivity contribution in [1.29, 1.82) is 0 Å². The van der Waals surface area contributed by atoms with Crippen LogP contribution in [0.4, 0.5) is 5.82 Å². The van der Waals surface area contributed by atoms with E-state index in [0.29, 0.717) is 12.3 Å². The SMILES string of the molecule is CN(C)C(=O)CC[C@H]1CCCN(c2ccc(C(=O)O)cn2)C1. The summed E-state index contributed by atoms with van der Waals surface area (Å²) >= 11 is 0. The molecule has 1 aromatic rings. The molecule has 0 aromatic carbocycles. The molecule has 0 radical (unpaired) electrons. The molecule has 1 amide bonds. The van der Waals surface area contributed by atoms with Gasteiger partial charge < -0.3 is 14.9 Å². The molecule has 0 spiro atoms. The molecule has 22 heavy (non-hydrogen) atoms. The lowest BCUT2D eigenvalue weighted by Gasteiger charge is -2.33. The van der Waals surface area contributed by atoms with Crippen LogP contribution in [-0.2, 0) is 4.79 Å². The number of carboxylic acids is 1. The van der Waals surface area contributed by atoms with Crippen LogP contribution < -0.4 is 4.90 Å². The first-order valence-electron chi connectivity index (χ1n) is 7.62. The Bertz CT molecular complexity index is 528. The molecular formula is C16H23N3O3. The summed E-state index contributed by atoms with van der Waals surface area (Å²) in [6.45, 7) is 1.80. The number of hydrogen-bond donors (Lipinski definition) is 1. The number of amides is 1. The average molecular weight is 305 g/mol. The fraction of sp³-hybridized carbons (Fsp3) is 0.562. The molecule has 1 fully saturated rings. The molecule has 1 aliphatic rings. The molecule has 2 rings (SSSR count). The van der Waals surface area contributed by atoms with Crippen molar-refractivity contribution in [2.75, 3.05) is 32.1 Å². The second-order valence-electron chi connectivity index (χ2n) is 5.99. The zero-order valence-electron chi connectivity index (χ0n) is 13.2. The van der Waals surface area contributed by atoms with E-state index in [1.807, 2.05) is 0 Å². The number of aromatic carboxylic acids is 1. The van der Waals surface area contributed by atoms with Gasteiger partial charge in [-0.15, -0.1) is 0 Å². The van der Waals surface area contributed by atoms with Gasteiger partial charge >= 0.3 is 5.97 Å². The van der Waals surface area contributed by atoms with Crippen LogP contribution in [0.1, 0.15) is 36.0 Å². The van der Waals surface area contributed by atoms with E-state index in [1.54, 1.807) is 31.1 Å². The van der Waals surface area contributed by atoms with Crippen LogP contribution in [0, 0.1) is 5.92 Å². The van der Waals surface area contributed by atoms with Crippen LogP contribution in [0.3, 0.4) is 0 Å². The van der Waals surface area contributed by atoms with Crippen LogP contribution in [0.15, 0.2) is 18.3 Å². The third-order valence-electron chi connectivity index (χ3n) is 4.10. The number of piperidine rings is 1. The van der Waals surface area contributed by atoms with Crippen molar-refractivity contribution in [3.05, 3.63) is 23.9 Å². The number of pyridine rings is 1. The Balaban J connectivity index is 1.92. The van der Waals surface area contributed by atoms with Crippen molar-refractivity contribution >= 4 is 17.7 Å². The molecule has 0 aliphatic carbocycles. The third-order valence-corrected chi connectivity index (χ3v) is 4.10. The minimum atomic E-state index is -0.960. The van der Waals surface area contributed by atoms with E-state index in [-0.39, 0.29) is 11.5 Å². The van der Waals surface area contributed by atoms with E-state index in [0.717, 1.165) is 38.2 Å². The van der Waals surface area contributed by atoms with Crippen molar-refractivity contribution in [2.45, 2.75) is 25.7 Å². The topological polar surface area (TPSA) is 73.7 Å². The van der Waals surface area contributed by atoms with Gasteiger partial charge in [0, 0.05) is 39.8 Å². The van der Waals surface area contributed by atoms with Gasteiger partial charge in [-0.3, -0.25) is 4.79 Å². The second kappa shape index (κ2) is 7.24. The molecule has 6 nitrogen and oxygen atoms in total. The Morgan fingerprint density at radius 3 is 2.77 bits per heavy atom. The predicted molar refractivity (Wildman–Crippen MR) is 84.1 cm³/mol. The van der Waals surface area contributed by atoms with Crippen molar-refractivity contribution in [2.24, 2.45) is 5.92 Å². The summed E-state index contributed by atoms with van der Waals surface area (Å²) in [6.07, 6.45) is 5.07. The maximum atomic E-state index is 11.7. The summed E-state index contributed by atoms with van der Waals surface area (Å²) in [5.74, 6) is 0.506. The Morgan fingerprint density at radius 1 is 1.41 bits per heavy atom. The molecule has 120 valence electrons. The van der Waals surface area contributed by atoms with Crippen LogP contribution in [0.2, 0.25) is 0 Å². The number of aromatic nitrogens is 1. The van der Waals surface area contributed by atoms with Gasteiger partial charge in [-0.25, -0.2) is 9.78 Å². The van der Waals surface area contributed by atoms with Crippen molar-refractivity contribution in [3.8, 4) is 0 Å². The monoisotopic (exact) mass is 305 g/mol. The smallest absolute Gasteiger partial charge is 0.337 e. The van der Waals surface area contributed by atoms with Crippen LogP contribution in [-0.4, -0.2) is 54.1 Å². The van der Waals surface area contributed by atoms with Gasteiger partial charge in [0.05, 0.1) is 5.56 Å². The lowest BCUT2D eigenvalue weighted by Crippen LogP contribution is -2.36. The van der Waals surface area contributed by atoms with Gasteiger partial charge in [-0.05, 0) is 37.3 Å².